The van der Waals surface area contributed by atoms with E-state index in [1.54, 1.807) is 0 Å². The highest BCUT2D eigenvalue weighted by atomic mass is 19.2. The SMILES string of the molecule is COC(=O)c1ccc(NN2CCCCC2)c(F)c1F. The van der Waals surface area contributed by atoms with Gasteiger partial charge >= 0.3 is 5.97 Å². The van der Waals surface area contributed by atoms with Crippen molar-refractivity contribution in [2.24, 2.45) is 0 Å². The van der Waals surface area contributed by atoms with Gasteiger partial charge in [0, 0.05) is 13.1 Å². The first kappa shape index (κ1) is 13.7. The highest BCUT2D eigenvalue weighted by Crippen LogP contribution is 2.22. The lowest BCUT2D eigenvalue weighted by Crippen LogP contribution is -2.35. The minimum Gasteiger partial charge on any atom is -0.465 e. The third-order valence-corrected chi connectivity index (χ3v) is 3.12. The molecule has 0 aliphatic carbocycles. The average molecular weight is 270 g/mol. The second-order valence-corrected chi connectivity index (χ2v) is 4.44. The molecule has 1 aromatic rings. The summed E-state index contributed by atoms with van der Waals surface area (Å²) in [4.78, 5) is 11.2. The number of carbonyl (C=O) groups is 1. The fourth-order valence-corrected chi connectivity index (χ4v) is 2.08. The molecule has 104 valence electrons. The number of methoxy groups -OCH3 is 1. The molecule has 0 bridgehead atoms. The molecule has 1 saturated heterocycles. The van der Waals surface area contributed by atoms with Gasteiger partial charge in [-0.25, -0.2) is 18.6 Å². The first-order valence-corrected chi connectivity index (χ1v) is 6.21. The number of benzene rings is 1. The summed E-state index contributed by atoms with van der Waals surface area (Å²) in [6, 6.07) is 2.57. The molecule has 1 heterocycles. The molecule has 0 amide bonds. The second kappa shape index (κ2) is 5.97. The van der Waals surface area contributed by atoms with E-state index in [0.717, 1.165) is 39.5 Å². The minimum absolute atomic E-state index is 0.0343. The molecule has 0 radical (unpaired) electrons. The first-order chi connectivity index (χ1) is 9.13. The summed E-state index contributed by atoms with van der Waals surface area (Å²) in [7, 11) is 1.12. The molecule has 19 heavy (non-hydrogen) atoms. The maximum atomic E-state index is 13.8. The lowest BCUT2D eigenvalue weighted by Gasteiger charge is -2.28. The number of anilines is 1. The van der Waals surface area contributed by atoms with Crippen LogP contribution >= 0.6 is 0 Å². The molecule has 1 N–H and O–H groups in total. The van der Waals surface area contributed by atoms with Gasteiger partial charge in [0.05, 0.1) is 18.4 Å². The molecule has 0 atom stereocenters. The monoisotopic (exact) mass is 270 g/mol. The molecule has 2 rings (SSSR count). The van der Waals surface area contributed by atoms with Crippen molar-refractivity contribution in [3.05, 3.63) is 29.3 Å². The van der Waals surface area contributed by atoms with Crippen molar-refractivity contribution >= 4 is 11.7 Å². The Morgan fingerprint density at radius 3 is 2.53 bits per heavy atom. The Labute approximate surface area is 110 Å². The van der Waals surface area contributed by atoms with Gasteiger partial charge in [-0.05, 0) is 25.0 Å². The minimum atomic E-state index is -1.19. The van der Waals surface area contributed by atoms with E-state index in [4.69, 9.17) is 0 Å². The van der Waals surface area contributed by atoms with Crippen LogP contribution in [-0.4, -0.2) is 31.2 Å². The van der Waals surface area contributed by atoms with Gasteiger partial charge in [-0.2, -0.15) is 0 Å². The van der Waals surface area contributed by atoms with Gasteiger partial charge in [-0.15, -0.1) is 0 Å². The number of rotatable bonds is 3. The summed E-state index contributed by atoms with van der Waals surface area (Å²) in [5, 5.41) is 1.85. The van der Waals surface area contributed by atoms with Gasteiger partial charge in [0.15, 0.2) is 11.6 Å². The van der Waals surface area contributed by atoms with E-state index in [1.165, 1.54) is 12.1 Å². The summed E-state index contributed by atoms with van der Waals surface area (Å²) in [6.07, 6.45) is 3.20. The van der Waals surface area contributed by atoms with Crippen LogP contribution in [0.15, 0.2) is 12.1 Å². The van der Waals surface area contributed by atoms with Gasteiger partial charge in [0.2, 0.25) is 0 Å². The standard InChI is InChI=1S/C13H16F2N2O2/c1-19-13(18)9-5-6-10(12(15)11(9)14)16-17-7-3-2-4-8-17/h5-6,16H,2-4,7-8H2,1H3. The predicted molar refractivity (Wildman–Crippen MR) is 66.7 cm³/mol. The average Bonchev–Trinajstić information content (AvgIpc) is 2.44. The number of hydrazine groups is 1. The Morgan fingerprint density at radius 1 is 1.21 bits per heavy atom. The Balaban J connectivity index is 2.18. The molecule has 1 aromatic carbocycles. The number of nitrogens with one attached hydrogen (secondary N) is 1. The van der Waals surface area contributed by atoms with Crippen molar-refractivity contribution in [2.75, 3.05) is 25.6 Å². The lowest BCUT2D eigenvalue weighted by molar-refractivity contribution is 0.0594. The number of halogens is 2. The van der Waals surface area contributed by atoms with Gasteiger partial charge in [0.25, 0.3) is 0 Å². The zero-order valence-electron chi connectivity index (χ0n) is 10.7. The summed E-state index contributed by atoms with van der Waals surface area (Å²) in [5.74, 6) is -3.14. The summed E-state index contributed by atoms with van der Waals surface area (Å²) >= 11 is 0. The van der Waals surface area contributed by atoms with Gasteiger partial charge < -0.3 is 10.2 Å². The molecule has 4 nitrogen and oxygen atoms in total. The molecule has 6 heteroatoms. The smallest absolute Gasteiger partial charge is 0.340 e. The van der Waals surface area contributed by atoms with Crippen molar-refractivity contribution in [3.8, 4) is 0 Å². The lowest BCUT2D eigenvalue weighted by atomic mass is 10.1. The number of esters is 1. The molecule has 1 fully saturated rings. The van der Waals surface area contributed by atoms with E-state index in [1.807, 2.05) is 5.01 Å². The molecular formula is C13H16F2N2O2. The van der Waals surface area contributed by atoms with Crippen LogP contribution in [0.1, 0.15) is 29.6 Å². The van der Waals surface area contributed by atoms with Crippen molar-refractivity contribution in [2.45, 2.75) is 19.3 Å². The van der Waals surface area contributed by atoms with Crippen LogP contribution in [0.2, 0.25) is 0 Å². The highest BCUT2D eigenvalue weighted by Gasteiger charge is 2.20. The Morgan fingerprint density at radius 2 is 1.89 bits per heavy atom. The molecule has 1 aliphatic rings. The van der Waals surface area contributed by atoms with E-state index >= 15 is 0 Å². The van der Waals surface area contributed by atoms with Crippen LogP contribution in [0.5, 0.6) is 0 Å². The second-order valence-electron chi connectivity index (χ2n) is 4.44. The van der Waals surface area contributed by atoms with E-state index in [9.17, 15) is 13.6 Å². The Bertz CT molecular complexity index is 474. The van der Waals surface area contributed by atoms with Crippen LogP contribution in [0.4, 0.5) is 14.5 Å². The van der Waals surface area contributed by atoms with Crippen LogP contribution in [0, 0.1) is 11.6 Å². The normalized spacial score (nSPS) is 16.2. The molecular weight excluding hydrogens is 254 g/mol. The molecule has 0 saturated carbocycles. The van der Waals surface area contributed by atoms with Crippen molar-refractivity contribution < 1.29 is 18.3 Å². The Kier molecular flexibility index (Phi) is 4.31. The molecule has 1 aliphatic heterocycles. The number of nitrogens with zero attached hydrogens (tertiary/aromatic N) is 1. The van der Waals surface area contributed by atoms with Gasteiger partial charge in [0.1, 0.15) is 0 Å². The van der Waals surface area contributed by atoms with E-state index < -0.39 is 23.2 Å². The number of carbonyl (C=O) groups excluding carboxylic acids is 1. The fourth-order valence-electron chi connectivity index (χ4n) is 2.08. The highest BCUT2D eigenvalue weighted by molar-refractivity contribution is 5.90. The maximum Gasteiger partial charge on any atom is 0.340 e. The van der Waals surface area contributed by atoms with Gasteiger partial charge in [-0.3, -0.25) is 0 Å². The fraction of sp³-hybridized carbons (Fsp3) is 0.462. The zero-order valence-corrected chi connectivity index (χ0v) is 10.7. The van der Waals surface area contributed by atoms with Gasteiger partial charge in [-0.1, -0.05) is 6.42 Å². The topological polar surface area (TPSA) is 41.6 Å². The van der Waals surface area contributed by atoms with Crippen LogP contribution in [-0.2, 0) is 4.74 Å². The molecule has 0 spiro atoms. The summed E-state index contributed by atoms with van der Waals surface area (Å²) in [6.45, 7) is 1.58. The zero-order chi connectivity index (χ0) is 13.8. The molecule has 0 aromatic heterocycles. The van der Waals surface area contributed by atoms with Crippen LogP contribution in [0.3, 0.4) is 0 Å². The Hall–Kier alpha value is -1.69. The van der Waals surface area contributed by atoms with Crippen LogP contribution in [0.25, 0.3) is 0 Å². The molecule has 0 unspecified atom stereocenters. The largest absolute Gasteiger partial charge is 0.465 e. The number of hydrogen-bond acceptors (Lipinski definition) is 4. The van der Waals surface area contributed by atoms with E-state index in [-0.39, 0.29) is 5.69 Å². The first-order valence-electron chi connectivity index (χ1n) is 6.21. The van der Waals surface area contributed by atoms with E-state index in [2.05, 4.69) is 10.2 Å². The maximum absolute atomic E-state index is 13.8. The van der Waals surface area contributed by atoms with Crippen molar-refractivity contribution in [1.82, 2.24) is 5.01 Å². The number of piperidine rings is 1. The third-order valence-electron chi connectivity index (χ3n) is 3.12. The van der Waals surface area contributed by atoms with Crippen molar-refractivity contribution in [3.63, 3.8) is 0 Å². The number of hydrogen-bond donors (Lipinski definition) is 1. The summed E-state index contributed by atoms with van der Waals surface area (Å²) in [5.41, 5.74) is 2.48. The quantitative estimate of drug-likeness (QED) is 0.857. The predicted octanol–water partition coefficient (Wildman–Crippen LogP) is 2.56. The third kappa shape index (κ3) is 3.01. The van der Waals surface area contributed by atoms with E-state index in [0.29, 0.717) is 0 Å². The number of ether oxygens (including phenoxy) is 1. The van der Waals surface area contributed by atoms with Crippen LogP contribution < -0.4 is 5.43 Å². The summed E-state index contributed by atoms with van der Waals surface area (Å²) < 4.78 is 31.9. The van der Waals surface area contributed by atoms with Crippen molar-refractivity contribution in [1.29, 1.82) is 0 Å².